The van der Waals surface area contributed by atoms with Gasteiger partial charge in [-0.1, -0.05) is 12.8 Å². The Morgan fingerprint density at radius 2 is 2.05 bits per heavy atom. The molecule has 0 aromatic heterocycles. The number of rotatable bonds is 6. The van der Waals surface area contributed by atoms with E-state index in [4.69, 9.17) is 16.3 Å². The summed E-state index contributed by atoms with van der Waals surface area (Å²) in [5.74, 6) is 0.733. The van der Waals surface area contributed by atoms with Crippen molar-refractivity contribution in [1.29, 1.82) is 0 Å². The van der Waals surface area contributed by atoms with Gasteiger partial charge >= 0.3 is 0 Å². The van der Waals surface area contributed by atoms with Gasteiger partial charge < -0.3 is 4.74 Å². The summed E-state index contributed by atoms with van der Waals surface area (Å²) in [5.41, 5.74) is 0. The Balaban J connectivity index is 1.85. The Hall–Kier alpha value is 0.170. The predicted octanol–water partition coefficient (Wildman–Crippen LogP) is 2.58. The zero-order valence-electron chi connectivity index (χ0n) is 12.5. The van der Waals surface area contributed by atoms with Gasteiger partial charge in [0.2, 0.25) is 0 Å². The van der Waals surface area contributed by atoms with Crippen LogP contribution in [0.3, 0.4) is 0 Å². The number of nitrogens with zero attached hydrogens (tertiary/aromatic N) is 2. The second kappa shape index (κ2) is 7.82. The first kappa shape index (κ1) is 15.6. The molecule has 1 aliphatic carbocycles. The summed E-state index contributed by atoms with van der Waals surface area (Å²) in [6.07, 6.45) is 5.81. The van der Waals surface area contributed by atoms with Gasteiger partial charge in [0.1, 0.15) is 0 Å². The van der Waals surface area contributed by atoms with Crippen molar-refractivity contribution >= 4 is 11.6 Å². The highest BCUT2D eigenvalue weighted by Gasteiger charge is 2.28. The molecular formula is C15H29ClN2O. The van der Waals surface area contributed by atoms with Crippen molar-refractivity contribution in [1.82, 2.24) is 9.80 Å². The van der Waals surface area contributed by atoms with Crippen molar-refractivity contribution in [3.8, 4) is 0 Å². The lowest BCUT2D eigenvalue weighted by Gasteiger charge is -2.39. The van der Waals surface area contributed by atoms with E-state index in [2.05, 4.69) is 23.6 Å². The average Bonchev–Trinajstić information content (AvgIpc) is 2.92. The second-order valence-electron chi connectivity index (χ2n) is 6.20. The Bertz CT molecular complexity index is 257. The third-order valence-electron chi connectivity index (χ3n) is 4.55. The van der Waals surface area contributed by atoms with E-state index in [-0.39, 0.29) is 0 Å². The van der Waals surface area contributed by atoms with Gasteiger partial charge in [0, 0.05) is 44.1 Å². The van der Waals surface area contributed by atoms with Gasteiger partial charge in [-0.3, -0.25) is 9.80 Å². The summed E-state index contributed by atoms with van der Waals surface area (Å²) >= 11 is 5.98. The van der Waals surface area contributed by atoms with Crippen LogP contribution in [0.25, 0.3) is 0 Å². The van der Waals surface area contributed by atoms with Crippen LogP contribution in [-0.2, 0) is 4.74 Å². The smallest absolute Gasteiger partial charge is 0.0829 e. The number of alkyl halides is 1. The summed E-state index contributed by atoms with van der Waals surface area (Å²) in [5, 5.41) is 0. The molecule has 1 saturated heterocycles. The first-order valence-electron chi connectivity index (χ1n) is 7.86. The minimum atomic E-state index is 0.361. The molecule has 0 bridgehead atoms. The normalized spacial score (nSPS) is 26.7. The predicted molar refractivity (Wildman–Crippen MR) is 81.0 cm³/mol. The topological polar surface area (TPSA) is 15.7 Å². The number of hydrogen-bond donors (Lipinski definition) is 0. The van der Waals surface area contributed by atoms with E-state index < -0.39 is 0 Å². The molecule has 2 rings (SSSR count). The van der Waals surface area contributed by atoms with E-state index in [9.17, 15) is 0 Å². The number of hydrogen-bond acceptors (Lipinski definition) is 3. The maximum absolute atomic E-state index is 5.98. The third-order valence-corrected chi connectivity index (χ3v) is 4.72. The SMILES string of the molecule is CC(C)N1CCOC(CN(CCCl)C2CCCC2)C1. The Kier molecular flexibility index (Phi) is 6.40. The second-order valence-corrected chi connectivity index (χ2v) is 6.58. The highest BCUT2D eigenvalue weighted by molar-refractivity contribution is 6.18. The molecule has 0 aromatic carbocycles. The van der Waals surface area contributed by atoms with E-state index >= 15 is 0 Å². The van der Waals surface area contributed by atoms with Gasteiger partial charge in [0.15, 0.2) is 0 Å². The van der Waals surface area contributed by atoms with Crippen LogP contribution in [0, 0.1) is 0 Å². The highest BCUT2D eigenvalue weighted by Crippen LogP contribution is 2.24. The maximum atomic E-state index is 5.98. The molecule has 2 fully saturated rings. The Morgan fingerprint density at radius 3 is 2.68 bits per heavy atom. The van der Waals surface area contributed by atoms with Crippen molar-refractivity contribution in [2.24, 2.45) is 0 Å². The van der Waals surface area contributed by atoms with E-state index in [0.29, 0.717) is 12.1 Å². The molecule has 1 atom stereocenters. The molecule has 0 amide bonds. The van der Waals surface area contributed by atoms with Crippen molar-refractivity contribution in [2.45, 2.75) is 57.7 Å². The van der Waals surface area contributed by atoms with Crippen LogP contribution >= 0.6 is 11.6 Å². The van der Waals surface area contributed by atoms with Gasteiger partial charge in [0.05, 0.1) is 12.7 Å². The molecule has 1 saturated carbocycles. The van der Waals surface area contributed by atoms with Crippen LogP contribution < -0.4 is 0 Å². The zero-order valence-corrected chi connectivity index (χ0v) is 13.2. The lowest BCUT2D eigenvalue weighted by atomic mass is 10.1. The summed E-state index contributed by atoms with van der Waals surface area (Å²) in [6.45, 7) is 9.64. The molecule has 112 valence electrons. The van der Waals surface area contributed by atoms with Crippen LogP contribution in [0.4, 0.5) is 0 Å². The molecule has 0 spiro atoms. The number of morpholine rings is 1. The van der Waals surface area contributed by atoms with Gasteiger partial charge in [0.25, 0.3) is 0 Å². The van der Waals surface area contributed by atoms with Crippen molar-refractivity contribution in [3.05, 3.63) is 0 Å². The van der Waals surface area contributed by atoms with Crippen molar-refractivity contribution in [3.63, 3.8) is 0 Å². The van der Waals surface area contributed by atoms with Crippen molar-refractivity contribution < 1.29 is 4.74 Å². The Labute approximate surface area is 123 Å². The zero-order chi connectivity index (χ0) is 13.7. The highest BCUT2D eigenvalue weighted by atomic mass is 35.5. The molecule has 1 unspecified atom stereocenters. The van der Waals surface area contributed by atoms with E-state index in [1.807, 2.05) is 0 Å². The lowest BCUT2D eigenvalue weighted by molar-refractivity contribution is -0.0559. The van der Waals surface area contributed by atoms with Gasteiger partial charge in [-0.15, -0.1) is 11.6 Å². The van der Waals surface area contributed by atoms with Gasteiger partial charge in [-0.2, -0.15) is 0 Å². The van der Waals surface area contributed by atoms with E-state index in [0.717, 1.165) is 44.7 Å². The minimum Gasteiger partial charge on any atom is -0.374 e. The molecule has 3 nitrogen and oxygen atoms in total. The van der Waals surface area contributed by atoms with E-state index in [1.165, 1.54) is 25.7 Å². The average molecular weight is 289 g/mol. The lowest BCUT2D eigenvalue weighted by Crippen LogP contribution is -2.51. The summed E-state index contributed by atoms with van der Waals surface area (Å²) < 4.78 is 5.97. The number of halogens is 1. The van der Waals surface area contributed by atoms with Crippen LogP contribution in [0.1, 0.15) is 39.5 Å². The first-order chi connectivity index (χ1) is 9.20. The summed E-state index contributed by atoms with van der Waals surface area (Å²) in [4.78, 5) is 5.11. The molecule has 0 N–H and O–H groups in total. The summed E-state index contributed by atoms with van der Waals surface area (Å²) in [6, 6.07) is 1.37. The molecule has 4 heteroatoms. The minimum absolute atomic E-state index is 0.361. The molecule has 19 heavy (non-hydrogen) atoms. The quantitative estimate of drug-likeness (QED) is 0.699. The van der Waals surface area contributed by atoms with E-state index in [1.54, 1.807) is 0 Å². The molecule has 0 aromatic rings. The maximum Gasteiger partial charge on any atom is 0.0829 e. The fraction of sp³-hybridized carbons (Fsp3) is 1.00. The van der Waals surface area contributed by atoms with Gasteiger partial charge in [-0.25, -0.2) is 0 Å². The molecular weight excluding hydrogens is 260 g/mol. The van der Waals surface area contributed by atoms with Gasteiger partial charge in [-0.05, 0) is 26.7 Å². The fourth-order valence-electron chi connectivity index (χ4n) is 3.38. The fourth-order valence-corrected chi connectivity index (χ4v) is 3.60. The molecule has 0 radical (unpaired) electrons. The van der Waals surface area contributed by atoms with Crippen LogP contribution in [0.2, 0.25) is 0 Å². The van der Waals surface area contributed by atoms with Crippen LogP contribution in [-0.4, -0.2) is 66.7 Å². The summed E-state index contributed by atoms with van der Waals surface area (Å²) in [7, 11) is 0. The van der Waals surface area contributed by atoms with Crippen LogP contribution in [0.15, 0.2) is 0 Å². The Morgan fingerprint density at radius 1 is 1.32 bits per heavy atom. The van der Waals surface area contributed by atoms with Crippen LogP contribution in [0.5, 0.6) is 0 Å². The van der Waals surface area contributed by atoms with Crippen molar-refractivity contribution in [2.75, 3.05) is 38.7 Å². The molecule has 1 aliphatic heterocycles. The third kappa shape index (κ3) is 4.59. The molecule has 2 aliphatic rings. The monoisotopic (exact) mass is 288 g/mol. The standard InChI is InChI=1S/C15H29ClN2O/c1-13(2)17-9-10-19-15(11-17)12-18(8-7-16)14-5-3-4-6-14/h13-15H,3-12H2,1-2H3. The largest absolute Gasteiger partial charge is 0.374 e. The first-order valence-corrected chi connectivity index (χ1v) is 8.40. The number of ether oxygens (including phenoxy) is 1. The molecule has 1 heterocycles.